The number of guanidine groups is 3. The highest BCUT2D eigenvalue weighted by Crippen LogP contribution is 2.44. The average Bonchev–Trinajstić information content (AvgIpc) is 3.45. The first-order valence-electron chi connectivity index (χ1n) is 24.6. The van der Waals surface area contributed by atoms with Crippen molar-refractivity contribution in [1.29, 1.82) is 0 Å². The molecule has 0 unspecified atom stereocenters. The lowest BCUT2D eigenvalue weighted by molar-refractivity contribution is 0.829. The van der Waals surface area contributed by atoms with E-state index in [0.29, 0.717) is 35.4 Å². The van der Waals surface area contributed by atoms with Crippen LogP contribution >= 0.6 is 0 Å². The Morgan fingerprint density at radius 3 is 0.562 bits per heavy atom. The van der Waals surface area contributed by atoms with Crippen LogP contribution in [0.4, 0.5) is 0 Å². The number of aliphatic imine (C=N–C) groups is 6. The summed E-state index contributed by atoms with van der Waals surface area (Å²) in [6, 6.07) is 83.3. The van der Waals surface area contributed by atoms with Crippen LogP contribution in [0.2, 0.25) is 0 Å². The van der Waals surface area contributed by atoms with Gasteiger partial charge >= 0.3 is 0 Å². The largest absolute Gasteiger partial charge is 0.243 e. The normalized spacial score (nSPS) is 14.2. The smallest absolute Gasteiger partial charge is 0.213 e. The van der Waals surface area contributed by atoms with Gasteiger partial charge in [-0.05, 0) is 98.0 Å². The van der Waals surface area contributed by atoms with Gasteiger partial charge in [-0.3, -0.25) is 0 Å². The molecule has 3 heterocycles. The highest BCUT2D eigenvalue weighted by atomic mass is 15.5. The predicted octanol–water partition coefficient (Wildman–Crippen LogP) is 15.7. The van der Waals surface area contributed by atoms with Gasteiger partial charge in [0.05, 0.1) is 0 Å². The molecule has 0 saturated heterocycles. The zero-order chi connectivity index (χ0) is 48.0. The SMILES string of the molecule is c1ccc(-c2c3ccccc3c(C3=NC4=NC(c5c6ccccc6c(-c6ccccc6)c6ccccc56)=NC5=NC(c6c7ccccc7c(-c7ccccc7)c7ccccc67)=NC(=N3)N45)c3ccccc23)cc1. The Morgan fingerprint density at radius 2 is 0.356 bits per heavy atom. The van der Waals surface area contributed by atoms with E-state index in [9.17, 15) is 0 Å². The lowest BCUT2D eigenvalue weighted by Gasteiger charge is -2.31. The van der Waals surface area contributed by atoms with E-state index in [1.54, 1.807) is 0 Å². The third-order valence-electron chi connectivity index (χ3n) is 14.5. The van der Waals surface area contributed by atoms with Crippen molar-refractivity contribution in [3.05, 3.63) is 253 Å². The maximum atomic E-state index is 5.48. The van der Waals surface area contributed by atoms with E-state index in [1.807, 2.05) is 4.90 Å². The molecule has 0 atom stereocenters. The minimum Gasteiger partial charge on any atom is -0.213 e. The Morgan fingerprint density at radius 1 is 0.178 bits per heavy atom. The van der Waals surface area contributed by atoms with Crippen molar-refractivity contribution in [3.63, 3.8) is 0 Å². The number of amidine groups is 3. The second-order valence-electron chi connectivity index (χ2n) is 18.5. The van der Waals surface area contributed by atoms with Crippen molar-refractivity contribution in [3.8, 4) is 33.4 Å². The summed E-state index contributed by atoms with van der Waals surface area (Å²) < 4.78 is 0. The summed E-state index contributed by atoms with van der Waals surface area (Å²) in [5.74, 6) is 2.69. The third-order valence-corrected chi connectivity index (χ3v) is 14.5. The fourth-order valence-corrected chi connectivity index (χ4v) is 11.5. The van der Waals surface area contributed by atoms with Crippen LogP contribution < -0.4 is 0 Å². The van der Waals surface area contributed by atoms with Crippen molar-refractivity contribution < 1.29 is 0 Å². The van der Waals surface area contributed by atoms with Crippen LogP contribution in [0.15, 0.2) is 267 Å². The standard InChI is InChI=1S/C66H39N7/c1-4-22-40(23-5-1)55-43-28-10-16-34-49(43)58(50-35-17-11-29-44(50)55)61-67-64-69-62(59-51-36-18-12-30-45(51)56(41-24-6-2-7-25-41)46-31-13-19-37-52(46)59)71-66-72-63(70-65(68-61)73(64)66)60-53-38-20-14-32-47(53)57(42-26-8-3-9-27-42)48-33-15-21-39-54(48)60/h1-39H. The summed E-state index contributed by atoms with van der Waals surface area (Å²) in [4.78, 5) is 34.7. The number of hydrogen-bond donors (Lipinski definition) is 0. The van der Waals surface area contributed by atoms with E-state index in [1.165, 1.54) is 0 Å². The molecule has 338 valence electrons. The van der Waals surface area contributed by atoms with Gasteiger partial charge in [0.15, 0.2) is 17.5 Å². The van der Waals surface area contributed by atoms with Gasteiger partial charge in [0.1, 0.15) is 0 Å². The van der Waals surface area contributed by atoms with Gasteiger partial charge in [-0.15, -0.1) is 0 Å². The van der Waals surface area contributed by atoms with Gasteiger partial charge in [0.25, 0.3) is 0 Å². The lowest BCUT2D eigenvalue weighted by atomic mass is 9.88. The molecule has 0 radical (unpaired) electrons. The topological polar surface area (TPSA) is 77.4 Å². The van der Waals surface area contributed by atoms with E-state index < -0.39 is 0 Å². The minimum absolute atomic E-state index is 0.390. The maximum absolute atomic E-state index is 5.48. The van der Waals surface area contributed by atoms with Crippen molar-refractivity contribution in [2.75, 3.05) is 0 Å². The zero-order valence-electron chi connectivity index (χ0n) is 39.1. The molecule has 0 bridgehead atoms. The van der Waals surface area contributed by atoms with E-state index in [0.717, 1.165) is 115 Å². The van der Waals surface area contributed by atoms with E-state index in [4.69, 9.17) is 30.0 Å². The molecule has 0 N–H and O–H groups in total. The Labute approximate surface area is 419 Å². The van der Waals surface area contributed by atoms with Crippen LogP contribution in [0, 0.1) is 0 Å². The molecule has 15 rings (SSSR count). The van der Waals surface area contributed by atoms with Crippen LogP contribution in [0.3, 0.4) is 0 Å². The summed E-state index contributed by atoms with van der Waals surface area (Å²) in [5.41, 5.74) is 9.60. The van der Waals surface area contributed by atoms with Crippen molar-refractivity contribution >= 4 is 100 Å². The Kier molecular flexibility index (Phi) is 9.13. The van der Waals surface area contributed by atoms with Crippen LogP contribution in [0.25, 0.3) is 98.0 Å². The molecule has 3 aliphatic rings. The summed E-state index contributed by atoms with van der Waals surface area (Å²) in [6.45, 7) is 0. The van der Waals surface area contributed by atoms with Gasteiger partial charge in [-0.1, -0.05) is 237 Å². The van der Waals surface area contributed by atoms with E-state index in [-0.39, 0.29) is 0 Å². The average molecular weight is 930 g/mol. The number of nitrogens with zero attached hydrogens (tertiary/aromatic N) is 7. The maximum Gasteiger partial charge on any atom is 0.243 e. The molecule has 0 fully saturated rings. The first-order chi connectivity index (χ1) is 36.2. The quantitative estimate of drug-likeness (QED) is 0.153. The van der Waals surface area contributed by atoms with Crippen molar-refractivity contribution in [2.45, 2.75) is 0 Å². The number of hydrogen-bond acceptors (Lipinski definition) is 7. The minimum atomic E-state index is 0.390. The molecule has 0 spiro atoms. The summed E-state index contributed by atoms with van der Waals surface area (Å²) in [7, 11) is 0. The molecule has 0 amide bonds. The van der Waals surface area contributed by atoms with Crippen LogP contribution in [-0.2, 0) is 0 Å². The molecule has 7 nitrogen and oxygen atoms in total. The Bertz CT molecular complexity index is 3900. The van der Waals surface area contributed by atoms with Gasteiger partial charge in [0.2, 0.25) is 17.9 Å². The Hall–Kier alpha value is -9.98. The summed E-state index contributed by atoms with van der Waals surface area (Å²) >= 11 is 0. The highest BCUT2D eigenvalue weighted by molar-refractivity contribution is 6.40. The first-order valence-corrected chi connectivity index (χ1v) is 24.6. The fraction of sp³-hybridized carbons (Fsp3) is 0. The van der Waals surface area contributed by atoms with Crippen molar-refractivity contribution in [2.24, 2.45) is 30.0 Å². The highest BCUT2D eigenvalue weighted by Gasteiger charge is 2.38. The van der Waals surface area contributed by atoms with Gasteiger partial charge in [-0.25, -0.2) is 4.90 Å². The number of rotatable bonds is 6. The molecule has 0 aliphatic carbocycles. The molecular weight excluding hydrogens is 891 g/mol. The zero-order valence-corrected chi connectivity index (χ0v) is 39.1. The molecule has 12 aromatic carbocycles. The summed E-state index contributed by atoms with van der Waals surface area (Å²) in [5, 5.41) is 12.8. The molecule has 0 aromatic heterocycles. The van der Waals surface area contributed by atoms with Gasteiger partial charge < -0.3 is 0 Å². The molecule has 7 heteroatoms. The second kappa shape index (κ2) is 16.3. The Balaban J connectivity index is 1.04. The summed E-state index contributed by atoms with van der Waals surface area (Å²) in [6.07, 6.45) is 0. The molecular formula is C66H39N7. The van der Waals surface area contributed by atoms with E-state index in [2.05, 4.69) is 237 Å². The van der Waals surface area contributed by atoms with Crippen LogP contribution in [-0.4, -0.2) is 40.3 Å². The fourth-order valence-electron chi connectivity index (χ4n) is 11.5. The van der Waals surface area contributed by atoms with Gasteiger partial charge in [-0.2, -0.15) is 30.0 Å². The number of benzene rings is 12. The molecule has 3 aliphatic heterocycles. The second-order valence-corrected chi connectivity index (χ2v) is 18.5. The van der Waals surface area contributed by atoms with Crippen LogP contribution in [0.5, 0.6) is 0 Å². The monoisotopic (exact) mass is 929 g/mol. The molecule has 73 heavy (non-hydrogen) atoms. The predicted molar refractivity (Wildman–Crippen MR) is 304 cm³/mol. The van der Waals surface area contributed by atoms with Crippen LogP contribution in [0.1, 0.15) is 16.7 Å². The third kappa shape index (κ3) is 6.32. The van der Waals surface area contributed by atoms with Crippen molar-refractivity contribution in [1.82, 2.24) is 4.90 Å². The van der Waals surface area contributed by atoms with E-state index >= 15 is 0 Å². The molecule has 0 saturated carbocycles. The lowest BCUT2D eigenvalue weighted by Crippen LogP contribution is -2.48. The molecule has 12 aromatic rings. The first kappa shape index (κ1) is 40.9. The number of fused-ring (bicyclic) bond motifs is 6. The van der Waals surface area contributed by atoms with Gasteiger partial charge in [0, 0.05) is 16.7 Å².